The molecule has 1 aliphatic heterocycles. The highest BCUT2D eigenvalue weighted by molar-refractivity contribution is 7.91. The lowest BCUT2D eigenvalue weighted by molar-refractivity contribution is -0.380. The molecule has 0 bridgehead atoms. The topological polar surface area (TPSA) is 158 Å². The predicted molar refractivity (Wildman–Crippen MR) is 106 cm³/mol. The van der Waals surface area contributed by atoms with Gasteiger partial charge in [-0.2, -0.15) is 4.31 Å². The summed E-state index contributed by atoms with van der Waals surface area (Å²) >= 11 is 1.63. The van der Waals surface area contributed by atoms with E-state index in [1.165, 1.54) is 16.4 Å². The van der Waals surface area contributed by atoms with Crippen LogP contribution >= 0.6 is 22.7 Å². The summed E-state index contributed by atoms with van der Waals surface area (Å²) in [7, 11) is -3.64. The van der Waals surface area contributed by atoms with Gasteiger partial charge in [0.05, 0.1) is 24.6 Å². The Hall–Kier alpha value is -2.46. The largest absolute Gasteiger partial charge is 0.455 e. The Balaban J connectivity index is 1.49. The van der Waals surface area contributed by atoms with Crippen molar-refractivity contribution in [3.63, 3.8) is 0 Å². The van der Waals surface area contributed by atoms with Gasteiger partial charge in [0, 0.05) is 18.0 Å². The molecule has 162 valence electrons. The number of carbonyl (C=O) groups is 2. The second-order valence-corrected chi connectivity index (χ2v) is 10.2. The molecule has 2 aromatic heterocycles. The van der Waals surface area contributed by atoms with Gasteiger partial charge >= 0.3 is 11.0 Å². The number of hydrogen-bond acceptors (Lipinski definition) is 11. The van der Waals surface area contributed by atoms with Gasteiger partial charge in [-0.25, -0.2) is 13.4 Å². The standard InChI is InChI=1S/C15H16N4O8S3/c20-11(17-15-16-8-12(29-15)19(22)23)9-27-13(21)7-10-1-2-14(28-10)30(24,25)18-3-5-26-6-4-18/h1-2,8H,3-7,9H2,(H,16,17,20). The van der Waals surface area contributed by atoms with Gasteiger partial charge in [0.1, 0.15) is 10.4 Å². The van der Waals surface area contributed by atoms with Crippen molar-refractivity contribution in [2.75, 3.05) is 38.2 Å². The lowest BCUT2D eigenvalue weighted by Crippen LogP contribution is -2.40. The maximum absolute atomic E-state index is 12.6. The van der Waals surface area contributed by atoms with Crippen molar-refractivity contribution in [3.05, 3.63) is 33.3 Å². The zero-order valence-electron chi connectivity index (χ0n) is 15.3. The van der Waals surface area contributed by atoms with Crippen molar-refractivity contribution in [2.24, 2.45) is 0 Å². The monoisotopic (exact) mass is 476 g/mol. The minimum Gasteiger partial charge on any atom is -0.455 e. The molecule has 0 radical (unpaired) electrons. The number of rotatable bonds is 8. The fourth-order valence-electron chi connectivity index (χ4n) is 2.41. The number of aromatic nitrogens is 1. The number of morpholine rings is 1. The highest BCUT2D eigenvalue weighted by Gasteiger charge is 2.28. The third kappa shape index (κ3) is 5.57. The highest BCUT2D eigenvalue weighted by atomic mass is 32.2. The number of hydrogen-bond donors (Lipinski definition) is 1. The second-order valence-electron chi connectivity index (χ2n) is 5.88. The smallest absolute Gasteiger partial charge is 0.345 e. The van der Waals surface area contributed by atoms with Gasteiger partial charge in [0.15, 0.2) is 11.7 Å². The average molecular weight is 477 g/mol. The Morgan fingerprint density at radius 1 is 1.30 bits per heavy atom. The highest BCUT2D eigenvalue weighted by Crippen LogP contribution is 2.26. The number of nitrogens with one attached hydrogen (secondary N) is 1. The second kappa shape index (κ2) is 9.57. The maximum Gasteiger partial charge on any atom is 0.345 e. The molecule has 15 heteroatoms. The van der Waals surface area contributed by atoms with Crippen LogP contribution in [0.3, 0.4) is 0 Å². The fraction of sp³-hybridized carbons (Fsp3) is 0.400. The third-order valence-corrected chi connectivity index (χ3v) is 8.12. The molecule has 1 saturated heterocycles. The van der Waals surface area contributed by atoms with Crippen molar-refractivity contribution in [1.29, 1.82) is 0 Å². The molecule has 0 unspecified atom stereocenters. The summed E-state index contributed by atoms with van der Waals surface area (Å²) in [5.74, 6) is -1.41. The summed E-state index contributed by atoms with van der Waals surface area (Å²) in [6.07, 6.45) is 0.810. The van der Waals surface area contributed by atoms with Gasteiger partial charge in [-0.05, 0) is 23.5 Å². The number of carbonyl (C=O) groups excluding carboxylic acids is 2. The number of nitro groups is 1. The molecule has 3 rings (SSSR count). The van der Waals surface area contributed by atoms with Crippen molar-refractivity contribution >= 4 is 54.7 Å². The van der Waals surface area contributed by atoms with E-state index >= 15 is 0 Å². The first-order chi connectivity index (χ1) is 14.3. The van der Waals surface area contributed by atoms with Crippen LogP contribution in [0.2, 0.25) is 0 Å². The fourth-order valence-corrected chi connectivity index (χ4v) is 5.96. The van der Waals surface area contributed by atoms with E-state index in [0.717, 1.165) is 17.5 Å². The molecule has 1 fully saturated rings. The van der Waals surface area contributed by atoms with E-state index in [4.69, 9.17) is 9.47 Å². The molecule has 0 saturated carbocycles. The Morgan fingerprint density at radius 3 is 2.70 bits per heavy atom. The molecular weight excluding hydrogens is 460 g/mol. The summed E-state index contributed by atoms with van der Waals surface area (Å²) in [6.45, 7) is 0.612. The van der Waals surface area contributed by atoms with Crippen LogP contribution in [0.15, 0.2) is 22.5 Å². The van der Waals surface area contributed by atoms with E-state index in [1.54, 1.807) is 0 Å². The Bertz CT molecular complexity index is 1040. The van der Waals surface area contributed by atoms with Crippen LogP contribution in [0.4, 0.5) is 10.1 Å². The van der Waals surface area contributed by atoms with Crippen LogP contribution in [0.1, 0.15) is 4.88 Å². The first-order valence-corrected chi connectivity index (χ1v) is 11.6. The van der Waals surface area contributed by atoms with Crippen LogP contribution in [0.5, 0.6) is 0 Å². The number of ether oxygens (including phenoxy) is 2. The Kier molecular flexibility index (Phi) is 7.09. The predicted octanol–water partition coefficient (Wildman–Crippen LogP) is 0.858. The number of esters is 1. The summed E-state index contributed by atoms with van der Waals surface area (Å²) in [5.41, 5.74) is 0. The lowest BCUT2D eigenvalue weighted by Gasteiger charge is -2.25. The quantitative estimate of drug-likeness (QED) is 0.331. The van der Waals surface area contributed by atoms with Gasteiger partial charge < -0.3 is 9.47 Å². The average Bonchev–Trinajstić information content (AvgIpc) is 3.37. The first kappa shape index (κ1) is 22.2. The molecule has 0 aromatic carbocycles. The maximum atomic E-state index is 12.6. The minimum atomic E-state index is -3.64. The van der Waals surface area contributed by atoms with E-state index < -0.39 is 33.4 Å². The Morgan fingerprint density at radius 2 is 2.03 bits per heavy atom. The van der Waals surface area contributed by atoms with Gasteiger partial charge in [-0.3, -0.25) is 25.0 Å². The van der Waals surface area contributed by atoms with Gasteiger partial charge in [-0.1, -0.05) is 0 Å². The van der Waals surface area contributed by atoms with Gasteiger partial charge in [-0.15, -0.1) is 11.3 Å². The molecule has 1 N–H and O–H groups in total. The van der Waals surface area contributed by atoms with Crippen molar-refractivity contribution in [1.82, 2.24) is 9.29 Å². The number of nitrogens with zero attached hydrogens (tertiary/aromatic N) is 3. The van der Waals surface area contributed by atoms with E-state index in [-0.39, 0.29) is 33.9 Å². The molecule has 3 heterocycles. The molecule has 1 aliphatic rings. The number of thiophene rings is 1. The van der Waals surface area contributed by atoms with E-state index in [9.17, 15) is 28.1 Å². The van der Waals surface area contributed by atoms with E-state index in [1.807, 2.05) is 0 Å². The van der Waals surface area contributed by atoms with E-state index in [2.05, 4.69) is 10.3 Å². The first-order valence-electron chi connectivity index (χ1n) is 8.48. The van der Waals surface area contributed by atoms with Crippen molar-refractivity contribution in [3.8, 4) is 0 Å². The van der Waals surface area contributed by atoms with Gasteiger partial charge in [0.2, 0.25) is 0 Å². The van der Waals surface area contributed by atoms with Crippen LogP contribution in [-0.2, 0) is 35.5 Å². The van der Waals surface area contributed by atoms with Crippen molar-refractivity contribution < 1.29 is 32.4 Å². The minimum absolute atomic E-state index is 0.0129. The molecular formula is C15H16N4O8S3. The summed E-state index contributed by atoms with van der Waals surface area (Å²) < 4.78 is 36.6. The SMILES string of the molecule is O=C(COC(=O)Cc1ccc(S(=O)(=O)N2CCOCC2)s1)Nc1ncc([N+](=O)[O-])s1. The van der Waals surface area contributed by atoms with Crippen LogP contribution in [0.25, 0.3) is 0 Å². The summed E-state index contributed by atoms with van der Waals surface area (Å²) in [6, 6.07) is 2.95. The number of anilines is 1. The zero-order chi connectivity index (χ0) is 21.7. The summed E-state index contributed by atoms with van der Waals surface area (Å²) in [5, 5.41) is 12.7. The molecule has 0 spiro atoms. The molecule has 30 heavy (non-hydrogen) atoms. The normalized spacial score (nSPS) is 14.9. The number of amides is 1. The summed E-state index contributed by atoms with van der Waals surface area (Å²) in [4.78, 5) is 37.8. The van der Waals surface area contributed by atoms with Crippen molar-refractivity contribution in [2.45, 2.75) is 10.6 Å². The lowest BCUT2D eigenvalue weighted by atomic mass is 10.3. The Labute approximate surface area is 178 Å². The van der Waals surface area contributed by atoms with Crippen LogP contribution < -0.4 is 5.32 Å². The van der Waals surface area contributed by atoms with E-state index in [0.29, 0.717) is 29.4 Å². The molecule has 2 aromatic rings. The molecule has 1 amide bonds. The molecule has 12 nitrogen and oxygen atoms in total. The molecule has 0 aliphatic carbocycles. The number of sulfonamides is 1. The zero-order valence-corrected chi connectivity index (χ0v) is 17.8. The van der Waals surface area contributed by atoms with Crippen LogP contribution in [-0.4, -0.2) is 67.4 Å². The van der Waals surface area contributed by atoms with Crippen LogP contribution in [0, 0.1) is 10.1 Å². The third-order valence-electron chi connectivity index (χ3n) is 3.80. The van der Waals surface area contributed by atoms with Gasteiger partial charge in [0.25, 0.3) is 15.9 Å². The number of thiazole rings is 1. The molecule has 0 atom stereocenters.